The number of fused-ring (bicyclic) bond motifs is 1. The molecule has 1 aromatic carbocycles. The second-order valence-corrected chi connectivity index (χ2v) is 3.85. The molecule has 0 bridgehead atoms. The van der Waals surface area contributed by atoms with Gasteiger partial charge in [0.25, 0.3) is 0 Å². The molecule has 0 saturated heterocycles. The van der Waals surface area contributed by atoms with Crippen LogP contribution in [0.5, 0.6) is 0 Å². The normalized spacial score (nSPS) is 19.3. The number of unbranched alkanes of at least 4 members (excludes halogenated alkanes) is 1. The molecular weight excluding hydrogens is 172 g/mol. The Morgan fingerprint density at radius 1 is 1.29 bits per heavy atom. The number of hydrogen-bond donors (Lipinski definition) is 1. The van der Waals surface area contributed by atoms with E-state index in [9.17, 15) is 5.11 Å². The average molecular weight is 188 g/mol. The quantitative estimate of drug-likeness (QED) is 0.771. The van der Waals surface area contributed by atoms with Crippen LogP contribution < -0.4 is 0 Å². The summed E-state index contributed by atoms with van der Waals surface area (Å²) in [5.74, 6) is 0. The van der Waals surface area contributed by atoms with Crippen LogP contribution in [0.4, 0.5) is 0 Å². The summed E-state index contributed by atoms with van der Waals surface area (Å²) in [5.41, 5.74) is 3.43. The second-order valence-electron chi connectivity index (χ2n) is 3.85. The maximum absolute atomic E-state index is 10.00. The third kappa shape index (κ3) is 1.60. The first-order chi connectivity index (χ1) is 6.83. The van der Waals surface area contributed by atoms with E-state index in [0.717, 1.165) is 18.4 Å². The van der Waals surface area contributed by atoms with Gasteiger partial charge < -0.3 is 5.11 Å². The molecule has 1 aliphatic rings. The molecular formula is C13H16O. The van der Waals surface area contributed by atoms with Crippen molar-refractivity contribution in [1.82, 2.24) is 0 Å². The molecule has 74 valence electrons. The number of rotatable bonds is 3. The highest BCUT2D eigenvalue weighted by atomic mass is 16.3. The first kappa shape index (κ1) is 9.47. The molecule has 2 rings (SSSR count). The van der Waals surface area contributed by atoms with Crippen molar-refractivity contribution in [3.63, 3.8) is 0 Å². The Balaban J connectivity index is 2.19. The molecule has 0 aliphatic heterocycles. The molecule has 14 heavy (non-hydrogen) atoms. The number of aliphatic hydroxyl groups is 1. The van der Waals surface area contributed by atoms with E-state index in [2.05, 4.69) is 19.1 Å². The topological polar surface area (TPSA) is 20.2 Å². The average Bonchev–Trinajstić information content (AvgIpc) is 2.54. The maximum Gasteiger partial charge on any atom is 0.101 e. The van der Waals surface area contributed by atoms with Gasteiger partial charge in [-0.05, 0) is 29.5 Å². The fraction of sp³-hybridized carbons (Fsp3) is 0.385. The zero-order valence-corrected chi connectivity index (χ0v) is 8.53. The molecule has 1 unspecified atom stereocenters. The maximum atomic E-state index is 10.00. The summed E-state index contributed by atoms with van der Waals surface area (Å²) in [7, 11) is 0. The van der Waals surface area contributed by atoms with Crippen LogP contribution in [0.1, 0.15) is 43.4 Å². The van der Waals surface area contributed by atoms with Crippen LogP contribution >= 0.6 is 0 Å². The molecule has 1 nitrogen and oxygen atoms in total. The Labute approximate surface area is 85.1 Å². The van der Waals surface area contributed by atoms with Gasteiger partial charge in [-0.2, -0.15) is 0 Å². The van der Waals surface area contributed by atoms with Gasteiger partial charge in [0.1, 0.15) is 6.10 Å². The molecule has 1 heteroatoms. The third-order valence-corrected chi connectivity index (χ3v) is 2.80. The van der Waals surface area contributed by atoms with Crippen molar-refractivity contribution < 1.29 is 5.11 Å². The van der Waals surface area contributed by atoms with E-state index in [-0.39, 0.29) is 6.10 Å². The number of hydrogen-bond acceptors (Lipinski definition) is 1. The van der Waals surface area contributed by atoms with Gasteiger partial charge in [0, 0.05) is 0 Å². The van der Waals surface area contributed by atoms with E-state index in [1.54, 1.807) is 0 Å². The zero-order valence-electron chi connectivity index (χ0n) is 8.53. The SMILES string of the molecule is CCCCC1=Cc2ccccc2C1O. The highest BCUT2D eigenvalue weighted by molar-refractivity contribution is 5.65. The lowest BCUT2D eigenvalue weighted by Gasteiger charge is -2.09. The third-order valence-electron chi connectivity index (χ3n) is 2.80. The van der Waals surface area contributed by atoms with Gasteiger partial charge in [-0.1, -0.05) is 43.7 Å². The lowest BCUT2D eigenvalue weighted by molar-refractivity contribution is 0.215. The molecule has 0 saturated carbocycles. The van der Waals surface area contributed by atoms with Crippen molar-refractivity contribution in [3.05, 3.63) is 41.0 Å². The number of aliphatic hydroxyl groups excluding tert-OH is 1. The van der Waals surface area contributed by atoms with Crippen molar-refractivity contribution in [2.24, 2.45) is 0 Å². The van der Waals surface area contributed by atoms with Crippen molar-refractivity contribution in [2.75, 3.05) is 0 Å². The van der Waals surface area contributed by atoms with Crippen molar-refractivity contribution in [2.45, 2.75) is 32.3 Å². The monoisotopic (exact) mass is 188 g/mol. The van der Waals surface area contributed by atoms with Gasteiger partial charge in [-0.3, -0.25) is 0 Å². The van der Waals surface area contributed by atoms with E-state index in [4.69, 9.17) is 0 Å². The minimum atomic E-state index is -0.349. The van der Waals surface area contributed by atoms with Crippen LogP contribution in [0, 0.1) is 0 Å². The summed E-state index contributed by atoms with van der Waals surface area (Å²) in [4.78, 5) is 0. The minimum absolute atomic E-state index is 0.349. The van der Waals surface area contributed by atoms with E-state index in [1.807, 2.05) is 18.2 Å². The molecule has 0 amide bonds. The predicted octanol–water partition coefficient (Wildman–Crippen LogP) is 3.31. The molecule has 1 aromatic rings. The fourth-order valence-corrected chi connectivity index (χ4v) is 1.96. The Kier molecular flexibility index (Phi) is 2.69. The Bertz CT molecular complexity index is 352. The van der Waals surface area contributed by atoms with Gasteiger partial charge in [0.05, 0.1) is 0 Å². The molecule has 0 heterocycles. The summed E-state index contributed by atoms with van der Waals surface area (Å²) < 4.78 is 0. The van der Waals surface area contributed by atoms with Gasteiger partial charge in [0.2, 0.25) is 0 Å². The van der Waals surface area contributed by atoms with Crippen LogP contribution in [0.15, 0.2) is 29.8 Å². The molecule has 0 fully saturated rings. The van der Waals surface area contributed by atoms with Crippen LogP contribution in [0.3, 0.4) is 0 Å². The summed E-state index contributed by atoms with van der Waals surface area (Å²) in [6.07, 6.45) is 5.15. The standard InChI is InChI=1S/C13H16O/c1-2-3-6-11-9-10-7-4-5-8-12(10)13(11)14/h4-5,7-9,13-14H,2-3,6H2,1H3. The highest BCUT2D eigenvalue weighted by Crippen LogP contribution is 2.36. The van der Waals surface area contributed by atoms with E-state index in [1.165, 1.54) is 17.6 Å². The van der Waals surface area contributed by atoms with Crippen LogP contribution in [0.25, 0.3) is 6.08 Å². The van der Waals surface area contributed by atoms with E-state index >= 15 is 0 Å². The molecule has 0 spiro atoms. The Morgan fingerprint density at radius 2 is 2.07 bits per heavy atom. The van der Waals surface area contributed by atoms with E-state index in [0.29, 0.717) is 0 Å². The van der Waals surface area contributed by atoms with Gasteiger partial charge in [-0.15, -0.1) is 0 Å². The van der Waals surface area contributed by atoms with Crippen LogP contribution in [-0.2, 0) is 0 Å². The summed E-state index contributed by atoms with van der Waals surface area (Å²) in [6.45, 7) is 2.18. The smallest absolute Gasteiger partial charge is 0.101 e. The fourth-order valence-electron chi connectivity index (χ4n) is 1.96. The van der Waals surface area contributed by atoms with Gasteiger partial charge >= 0.3 is 0 Å². The number of benzene rings is 1. The molecule has 1 N–H and O–H groups in total. The molecule has 1 aliphatic carbocycles. The Morgan fingerprint density at radius 3 is 2.79 bits per heavy atom. The Hall–Kier alpha value is -1.08. The van der Waals surface area contributed by atoms with Crippen molar-refractivity contribution >= 4 is 6.08 Å². The van der Waals surface area contributed by atoms with Crippen molar-refractivity contribution in [3.8, 4) is 0 Å². The second kappa shape index (κ2) is 3.97. The highest BCUT2D eigenvalue weighted by Gasteiger charge is 2.21. The van der Waals surface area contributed by atoms with E-state index < -0.39 is 0 Å². The molecule has 1 atom stereocenters. The summed E-state index contributed by atoms with van der Waals surface area (Å²) in [5, 5.41) is 10.00. The first-order valence-corrected chi connectivity index (χ1v) is 5.30. The van der Waals surface area contributed by atoms with Crippen molar-refractivity contribution in [1.29, 1.82) is 0 Å². The van der Waals surface area contributed by atoms with Gasteiger partial charge in [0.15, 0.2) is 0 Å². The molecule has 0 aromatic heterocycles. The summed E-state index contributed by atoms with van der Waals surface area (Å²) >= 11 is 0. The van der Waals surface area contributed by atoms with Crippen LogP contribution in [-0.4, -0.2) is 5.11 Å². The zero-order chi connectivity index (χ0) is 9.97. The molecule has 0 radical (unpaired) electrons. The largest absolute Gasteiger partial charge is 0.384 e. The summed E-state index contributed by atoms with van der Waals surface area (Å²) in [6, 6.07) is 8.08. The van der Waals surface area contributed by atoms with Gasteiger partial charge in [-0.25, -0.2) is 0 Å². The lowest BCUT2D eigenvalue weighted by Crippen LogP contribution is -1.96. The lowest BCUT2D eigenvalue weighted by atomic mass is 10.0. The van der Waals surface area contributed by atoms with Crippen LogP contribution in [0.2, 0.25) is 0 Å². The minimum Gasteiger partial charge on any atom is -0.384 e. The first-order valence-electron chi connectivity index (χ1n) is 5.30. The predicted molar refractivity (Wildman–Crippen MR) is 58.9 cm³/mol.